The van der Waals surface area contributed by atoms with Gasteiger partial charge in [0.1, 0.15) is 11.8 Å². The Hall–Kier alpha value is -4.52. The van der Waals surface area contributed by atoms with E-state index in [1.807, 2.05) is 13.0 Å². The lowest BCUT2D eigenvalue weighted by molar-refractivity contribution is -0.384. The smallest absolute Gasteiger partial charge is 0.410 e. The Balaban J connectivity index is 1.35. The molecule has 2 aliphatic heterocycles. The van der Waals surface area contributed by atoms with Crippen LogP contribution in [0.3, 0.4) is 0 Å². The summed E-state index contributed by atoms with van der Waals surface area (Å²) in [6.45, 7) is 1.75. The van der Waals surface area contributed by atoms with E-state index in [9.17, 15) is 29.3 Å². The summed E-state index contributed by atoms with van der Waals surface area (Å²) < 4.78 is 5.48. The number of carbonyl (C=O) groups is 4. The SMILES string of the molecule is CCC[C@H](NC(=O)[C@@H]1C[C@]2(CC(c3cccc(Cl)c3)=NO2)CN1C(=O)Oc1ccc([N+](=O)[O-])cc1)C(=O)C(=O)NC1CC1. The number of non-ortho nitro benzene ring substituents is 1. The van der Waals surface area contributed by atoms with E-state index < -0.39 is 46.3 Å². The van der Waals surface area contributed by atoms with Gasteiger partial charge in [0.2, 0.25) is 11.7 Å². The van der Waals surface area contributed by atoms with Gasteiger partial charge in [-0.1, -0.05) is 42.2 Å². The van der Waals surface area contributed by atoms with Crippen LogP contribution in [0.5, 0.6) is 5.75 Å². The van der Waals surface area contributed by atoms with Gasteiger partial charge in [-0.15, -0.1) is 0 Å². The molecule has 2 aromatic rings. The Labute approximate surface area is 251 Å². The quantitative estimate of drug-likeness (QED) is 0.233. The summed E-state index contributed by atoms with van der Waals surface area (Å²) >= 11 is 6.15. The Morgan fingerprint density at radius 1 is 1.21 bits per heavy atom. The van der Waals surface area contributed by atoms with Gasteiger partial charge in [0.05, 0.1) is 23.2 Å². The third kappa shape index (κ3) is 6.94. The van der Waals surface area contributed by atoms with Crippen molar-refractivity contribution in [1.29, 1.82) is 0 Å². The molecule has 0 unspecified atom stereocenters. The number of nitro groups is 1. The van der Waals surface area contributed by atoms with E-state index in [1.165, 1.54) is 29.2 Å². The third-order valence-corrected chi connectivity index (χ3v) is 7.77. The first kappa shape index (κ1) is 30.0. The van der Waals surface area contributed by atoms with Crippen molar-refractivity contribution in [3.05, 3.63) is 69.2 Å². The lowest BCUT2D eigenvalue weighted by Gasteiger charge is -2.25. The minimum absolute atomic E-state index is 0.0259. The fourth-order valence-corrected chi connectivity index (χ4v) is 5.37. The first-order valence-corrected chi connectivity index (χ1v) is 14.3. The van der Waals surface area contributed by atoms with Gasteiger partial charge in [-0.3, -0.25) is 29.4 Å². The molecule has 0 bridgehead atoms. The van der Waals surface area contributed by atoms with E-state index in [2.05, 4.69) is 15.8 Å². The fourth-order valence-electron chi connectivity index (χ4n) is 5.18. The number of hydrogen-bond donors (Lipinski definition) is 2. The number of oxime groups is 1. The van der Waals surface area contributed by atoms with Crippen molar-refractivity contribution in [1.82, 2.24) is 15.5 Å². The predicted octanol–water partition coefficient (Wildman–Crippen LogP) is 3.52. The summed E-state index contributed by atoms with van der Waals surface area (Å²) in [6.07, 6.45) is 1.76. The van der Waals surface area contributed by atoms with Crippen molar-refractivity contribution >= 4 is 46.7 Å². The van der Waals surface area contributed by atoms with Crippen molar-refractivity contribution in [2.24, 2.45) is 5.16 Å². The van der Waals surface area contributed by atoms with Crippen LogP contribution in [-0.2, 0) is 19.2 Å². The average Bonchev–Trinajstić information content (AvgIpc) is 3.57. The maximum absolute atomic E-state index is 13.7. The molecule has 1 aliphatic carbocycles. The molecule has 1 spiro atoms. The molecule has 0 radical (unpaired) electrons. The zero-order valence-corrected chi connectivity index (χ0v) is 24.0. The summed E-state index contributed by atoms with van der Waals surface area (Å²) in [5.41, 5.74) is 0.0667. The second kappa shape index (κ2) is 12.4. The van der Waals surface area contributed by atoms with Crippen molar-refractivity contribution < 1.29 is 33.7 Å². The minimum atomic E-state index is -1.13. The van der Waals surface area contributed by atoms with Gasteiger partial charge in [-0.05, 0) is 43.5 Å². The number of ketones is 1. The van der Waals surface area contributed by atoms with Crippen molar-refractivity contribution in [3.63, 3.8) is 0 Å². The zero-order valence-electron chi connectivity index (χ0n) is 23.3. The van der Waals surface area contributed by atoms with Gasteiger partial charge in [0, 0.05) is 41.6 Å². The van der Waals surface area contributed by atoms with Crippen LogP contribution in [0, 0.1) is 10.1 Å². The molecule has 3 aliphatic rings. The molecular weight excluding hydrogens is 582 g/mol. The number of carbonyl (C=O) groups excluding carboxylic acids is 4. The van der Waals surface area contributed by atoms with Gasteiger partial charge in [0.15, 0.2) is 5.60 Å². The Kier molecular flexibility index (Phi) is 8.62. The molecule has 0 aromatic heterocycles. The maximum Gasteiger partial charge on any atom is 0.416 e. The molecule has 14 heteroatoms. The van der Waals surface area contributed by atoms with E-state index in [-0.39, 0.29) is 43.3 Å². The number of benzene rings is 2. The molecule has 2 fully saturated rings. The van der Waals surface area contributed by atoms with Crippen LogP contribution in [-0.4, -0.2) is 69.5 Å². The first-order valence-electron chi connectivity index (χ1n) is 14.0. The monoisotopic (exact) mass is 611 g/mol. The Morgan fingerprint density at radius 3 is 2.60 bits per heavy atom. The molecule has 2 N–H and O–H groups in total. The summed E-state index contributed by atoms with van der Waals surface area (Å²) in [5, 5.41) is 21.1. The lowest BCUT2D eigenvalue weighted by atomic mass is 9.91. The van der Waals surface area contributed by atoms with Gasteiger partial charge >= 0.3 is 6.09 Å². The molecule has 3 atom stereocenters. The van der Waals surface area contributed by atoms with Crippen LogP contribution in [0.4, 0.5) is 10.5 Å². The zero-order chi connectivity index (χ0) is 30.7. The molecule has 2 aromatic carbocycles. The standard InChI is InChI=1S/C29H30ClN5O8/c1-2-4-22(25(36)27(38)31-19-7-8-19)32-26(37)24-15-29(14-23(33-43-29)17-5-3-6-18(30)13-17)16-34(24)28(39)42-21-11-9-20(10-12-21)35(40)41/h3,5-6,9-13,19,22,24H,2,4,7-8,14-16H2,1H3,(H,31,38)(H,32,37)/t22-,24-,29+/m0/s1. The molecule has 3 amide bonds. The topological polar surface area (TPSA) is 170 Å². The minimum Gasteiger partial charge on any atom is -0.410 e. The summed E-state index contributed by atoms with van der Waals surface area (Å²) in [5.74, 6) is -2.12. The maximum atomic E-state index is 13.7. The fraction of sp³-hybridized carbons (Fsp3) is 0.414. The number of hydrogen-bond acceptors (Lipinski definition) is 9. The largest absolute Gasteiger partial charge is 0.416 e. The highest BCUT2D eigenvalue weighted by Crippen LogP contribution is 2.39. The van der Waals surface area contributed by atoms with Gasteiger partial charge in [0.25, 0.3) is 11.6 Å². The second-order valence-corrected chi connectivity index (χ2v) is 11.4. The van der Waals surface area contributed by atoms with E-state index in [4.69, 9.17) is 21.2 Å². The highest BCUT2D eigenvalue weighted by Gasteiger charge is 2.54. The number of ether oxygens (including phenoxy) is 1. The van der Waals surface area contributed by atoms with Crippen molar-refractivity contribution in [3.8, 4) is 5.75 Å². The number of amides is 3. The summed E-state index contributed by atoms with van der Waals surface area (Å²) in [4.78, 5) is 70.0. The Bertz CT molecular complexity index is 1480. The number of nitrogens with one attached hydrogen (secondary N) is 2. The molecule has 13 nitrogen and oxygen atoms in total. The first-order chi connectivity index (χ1) is 20.6. The van der Waals surface area contributed by atoms with Crippen molar-refractivity contribution in [2.75, 3.05) is 6.54 Å². The van der Waals surface area contributed by atoms with Crippen LogP contribution in [0.1, 0.15) is 51.0 Å². The molecular formula is C29H30ClN5O8. The number of rotatable bonds is 10. The number of Topliss-reactive ketones (excluding diaryl/α,β-unsaturated/α-hetero) is 1. The second-order valence-electron chi connectivity index (χ2n) is 10.9. The number of nitrogens with zero attached hydrogens (tertiary/aromatic N) is 3. The number of likely N-dealkylation sites (tertiary alicyclic amines) is 1. The summed E-state index contributed by atoms with van der Waals surface area (Å²) in [6, 6.07) is 9.75. The van der Waals surface area contributed by atoms with Crippen LogP contribution in [0.25, 0.3) is 0 Å². The lowest BCUT2D eigenvalue weighted by Crippen LogP contribution is -2.53. The van der Waals surface area contributed by atoms with E-state index in [1.54, 1.807) is 18.2 Å². The summed E-state index contributed by atoms with van der Waals surface area (Å²) in [7, 11) is 0. The molecule has 226 valence electrons. The van der Waals surface area contributed by atoms with Crippen LogP contribution in [0.2, 0.25) is 5.02 Å². The van der Waals surface area contributed by atoms with E-state index >= 15 is 0 Å². The van der Waals surface area contributed by atoms with Crippen LogP contribution in [0.15, 0.2) is 53.7 Å². The predicted molar refractivity (Wildman–Crippen MR) is 154 cm³/mol. The normalized spacial score (nSPS) is 21.5. The molecule has 1 saturated carbocycles. The molecule has 2 heterocycles. The highest BCUT2D eigenvalue weighted by molar-refractivity contribution is 6.38. The van der Waals surface area contributed by atoms with Gasteiger partial charge < -0.3 is 20.2 Å². The third-order valence-electron chi connectivity index (χ3n) is 7.53. The highest BCUT2D eigenvalue weighted by atomic mass is 35.5. The van der Waals surface area contributed by atoms with Gasteiger partial charge in [-0.25, -0.2) is 4.79 Å². The van der Waals surface area contributed by atoms with Gasteiger partial charge in [-0.2, -0.15) is 0 Å². The average molecular weight is 612 g/mol. The molecule has 1 saturated heterocycles. The van der Waals surface area contributed by atoms with Crippen LogP contribution < -0.4 is 15.4 Å². The van der Waals surface area contributed by atoms with Crippen molar-refractivity contribution in [2.45, 2.75) is 69.2 Å². The number of halogens is 1. The number of nitro benzene ring substituents is 1. The van der Waals surface area contributed by atoms with E-state index in [0.29, 0.717) is 17.2 Å². The molecule has 5 rings (SSSR count). The molecule has 43 heavy (non-hydrogen) atoms. The van der Waals surface area contributed by atoms with Crippen LogP contribution >= 0.6 is 11.6 Å². The van der Waals surface area contributed by atoms with E-state index in [0.717, 1.165) is 18.4 Å². The Morgan fingerprint density at radius 2 is 1.95 bits per heavy atom.